The van der Waals surface area contributed by atoms with Crippen molar-refractivity contribution in [1.29, 1.82) is 0 Å². The third kappa shape index (κ3) is 4.47. The highest BCUT2D eigenvalue weighted by molar-refractivity contribution is 6.31. The molecule has 4 atom stereocenters. The summed E-state index contributed by atoms with van der Waals surface area (Å²) in [6.07, 6.45) is 3.58. The lowest BCUT2D eigenvalue weighted by molar-refractivity contribution is -0.121. The number of nitrogens with one attached hydrogen (secondary N) is 2. The van der Waals surface area contributed by atoms with E-state index in [-0.39, 0.29) is 11.9 Å². The number of carbonyl (C=O) groups is 1. The molecule has 1 fully saturated rings. The molecule has 0 bridgehead atoms. The maximum atomic E-state index is 12.2. The molecular formula is C18H27ClN2O. The largest absolute Gasteiger partial charge is 0.352 e. The molecule has 1 aromatic carbocycles. The Hall–Kier alpha value is -1.06. The molecule has 22 heavy (non-hydrogen) atoms. The minimum absolute atomic E-state index is 0.0575. The minimum atomic E-state index is 0.0575. The van der Waals surface area contributed by atoms with Crippen molar-refractivity contribution in [3.63, 3.8) is 0 Å². The Morgan fingerprint density at radius 3 is 2.77 bits per heavy atom. The van der Waals surface area contributed by atoms with Gasteiger partial charge in [-0.05, 0) is 36.8 Å². The van der Waals surface area contributed by atoms with Gasteiger partial charge in [-0.3, -0.25) is 4.79 Å². The number of benzene rings is 1. The summed E-state index contributed by atoms with van der Waals surface area (Å²) in [5.41, 5.74) is 1.02. The Balaban J connectivity index is 1.81. The Bertz CT molecular complexity index is 506. The number of carbonyl (C=O) groups excluding carboxylic acids is 1. The van der Waals surface area contributed by atoms with E-state index in [1.807, 2.05) is 31.2 Å². The standard InChI is InChI=1S/C18H27ClN2O/c1-12-7-6-10-17(13(12)2)21-18(22)11-20-14(3)15-8-4-5-9-16(15)19/h4-5,8-9,12-14,17,20H,6-7,10-11H2,1-3H3,(H,21,22)/t12-,13-,14+,17-/m1/s1. The van der Waals surface area contributed by atoms with Crippen LogP contribution in [0.25, 0.3) is 0 Å². The summed E-state index contributed by atoms with van der Waals surface area (Å²) in [6, 6.07) is 8.11. The highest BCUT2D eigenvalue weighted by atomic mass is 35.5. The smallest absolute Gasteiger partial charge is 0.234 e. The van der Waals surface area contributed by atoms with E-state index >= 15 is 0 Å². The van der Waals surface area contributed by atoms with Crippen LogP contribution in [0.2, 0.25) is 5.02 Å². The van der Waals surface area contributed by atoms with E-state index in [0.717, 1.165) is 17.0 Å². The van der Waals surface area contributed by atoms with Crippen LogP contribution in [0.3, 0.4) is 0 Å². The SMILES string of the molecule is C[C@@H]1[C@H](C)CCC[C@H]1NC(=O)CN[C@@H](C)c1ccccc1Cl. The average molecular weight is 323 g/mol. The van der Waals surface area contributed by atoms with E-state index in [1.54, 1.807) is 0 Å². The highest BCUT2D eigenvalue weighted by Gasteiger charge is 2.28. The Labute approximate surface area is 138 Å². The molecule has 1 aromatic rings. The van der Waals surface area contributed by atoms with Crippen molar-refractivity contribution < 1.29 is 4.79 Å². The number of hydrogen-bond donors (Lipinski definition) is 2. The summed E-state index contributed by atoms with van der Waals surface area (Å²) in [5, 5.41) is 7.18. The van der Waals surface area contributed by atoms with Gasteiger partial charge in [0.1, 0.15) is 0 Å². The first kappa shape index (κ1) is 17.3. The maximum Gasteiger partial charge on any atom is 0.234 e. The van der Waals surface area contributed by atoms with Crippen LogP contribution in [0.15, 0.2) is 24.3 Å². The normalized spacial score (nSPS) is 26.5. The molecule has 4 heteroatoms. The summed E-state index contributed by atoms with van der Waals surface area (Å²) in [4.78, 5) is 12.2. The van der Waals surface area contributed by atoms with Crippen molar-refractivity contribution in [1.82, 2.24) is 10.6 Å². The monoisotopic (exact) mass is 322 g/mol. The van der Waals surface area contributed by atoms with Crippen molar-refractivity contribution in [3.8, 4) is 0 Å². The molecule has 0 heterocycles. The molecule has 0 radical (unpaired) electrons. The van der Waals surface area contributed by atoms with Crippen LogP contribution < -0.4 is 10.6 Å². The van der Waals surface area contributed by atoms with Crippen molar-refractivity contribution >= 4 is 17.5 Å². The molecule has 0 aliphatic heterocycles. The molecule has 1 aliphatic carbocycles. The summed E-state index contributed by atoms with van der Waals surface area (Å²) in [6.45, 7) is 6.87. The van der Waals surface area contributed by atoms with Crippen molar-refractivity contribution in [3.05, 3.63) is 34.9 Å². The molecule has 0 saturated heterocycles. The van der Waals surface area contributed by atoms with Gasteiger partial charge in [0.15, 0.2) is 0 Å². The molecule has 2 N–H and O–H groups in total. The molecule has 3 nitrogen and oxygen atoms in total. The van der Waals surface area contributed by atoms with Crippen LogP contribution in [0.4, 0.5) is 0 Å². The van der Waals surface area contributed by atoms with E-state index in [1.165, 1.54) is 12.8 Å². The van der Waals surface area contributed by atoms with Gasteiger partial charge in [0.25, 0.3) is 0 Å². The molecule has 1 amide bonds. The van der Waals surface area contributed by atoms with Crippen LogP contribution in [0.5, 0.6) is 0 Å². The number of halogens is 1. The number of amides is 1. The summed E-state index contributed by atoms with van der Waals surface area (Å²) in [7, 11) is 0. The number of rotatable bonds is 5. The lowest BCUT2D eigenvalue weighted by Crippen LogP contribution is -2.46. The summed E-state index contributed by atoms with van der Waals surface area (Å²) >= 11 is 6.18. The second kappa shape index (κ2) is 7.98. The van der Waals surface area contributed by atoms with Crippen LogP contribution in [-0.4, -0.2) is 18.5 Å². The zero-order chi connectivity index (χ0) is 16.1. The quantitative estimate of drug-likeness (QED) is 0.862. The van der Waals surface area contributed by atoms with Crippen LogP contribution >= 0.6 is 11.6 Å². The van der Waals surface area contributed by atoms with E-state index in [4.69, 9.17) is 11.6 Å². The van der Waals surface area contributed by atoms with Gasteiger partial charge in [-0.25, -0.2) is 0 Å². The van der Waals surface area contributed by atoms with E-state index in [9.17, 15) is 4.79 Å². The Kier molecular flexibility index (Phi) is 6.27. The third-order valence-corrected chi connectivity index (χ3v) is 5.34. The molecular weight excluding hydrogens is 296 g/mol. The first-order chi connectivity index (χ1) is 10.5. The molecule has 1 aliphatic rings. The molecule has 0 spiro atoms. The Morgan fingerprint density at radius 2 is 2.05 bits per heavy atom. The minimum Gasteiger partial charge on any atom is -0.352 e. The van der Waals surface area contributed by atoms with Gasteiger partial charge in [0.05, 0.1) is 6.54 Å². The summed E-state index contributed by atoms with van der Waals surface area (Å²) < 4.78 is 0. The molecule has 0 unspecified atom stereocenters. The zero-order valence-corrected chi connectivity index (χ0v) is 14.5. The first-order valence-corrected chi connectivity index (χ1v) is 8.64. The Morgan fingerprint density at radius 1 is 1.32 bits per heavy atom. The van der Waals surface area contributed by atoms with Gasteiger partial charge >= 0.3 is 0 Å². The van der Waals surface area contributed by atoms with Crippen LogP contribution in [0, 0.1) is 11.8 Å². The second-order valence-electron chi connectivity index (χ2n) is 6.57. The van der Waals surface area contributed by atoms with Crippen molar-refractivity contribution in [2.75, 3.05) is 6.54 Å². The molecule has 2 rings (SSSR count). The first-order valence-electron chi connectivity index (χ1n) is 8.26. The predicted molar refractivity (Wildman–Crippen MR) is 92.0 cm³/mol. The van der Waals surface area contributed by atoms with Crippen LogP contribution in [-0.2, 0) is 4.79 Å². The van der Waals surface area contributed by atoms with Gasteiger partial charge in [0, 0.05) is 17.1 Å². The van der Waals surface area contributed by atoms with Crippen molar-refractivity contribution in [2.24, 2.45) is 11.8 Å². The fourth-order valence-electron chi connectivity index (χ4n) is 3.23. The molecule has 1 saturated carbocycles. The topological polar surface area (TPSA) is 41.1 Å². The maximum absolute atomic E-state index is 12.2. The van der Waals surface area contributed by atoms with E-state index in [2.05, 4.69) is 24.5 Å². The fourth-order valence-corrected chi connectivity index (χ4v) is 3.52. The predicted octanol–water partition coefficient (Wildman–Crippen LogP) is 3.93. The van der Waals surface area contributed by atoms with Crippen LogP contribution in [0.1, 0.15) is 51.6 Å². The van der Waals surface area contributed by atoms with Gasteiger partial charge in [-0.1, -0.05) is 56.5 Å². The molecule has 0 aromatic heterocycles. The lowest BCUT2D eigenvalue weighted by atomic mass is 9.78. The number of hydrogen-bond acceptors (Lipinski definition) is 2. The zero-order valence-electron chi connectivity index (χ0n) is 13.7. The van der Waals surface area contributed by atoms with Gasteiger partial charge in [-0.2, -0.15) is 0 Å². The van der Waals surface area contributed by atoms with Gasteiger partial charge in [-0.15, -0.1) is 0 Å². The van der Waals surface area contributed by atoms with Gasteiger partial charge in [0.2, 0.25) is 5.91 Å². The lowest BCUT2D eigenvalue weighted by Gasteiger charge is -2.34. The van der Waals surface area contributed by atoms with E-state index in [0.29, 0.717) is 24.4 Å². The van der Waals surface area contributed by atoms with Gasteiger partial charge < -0.3 is 10.6 Å². The molecule has 122 valence electrons. The van der Waals surface area contributed by atoms with Crippen molar-refractivity contribution in [2.45, 2.75) is 52.1 Å². The summed E-state index contributed by atoms with van der Waals surface area (Å²) in [5.74, 6) is 1.32. The third-order valence-electron chi connectivity index (χ3n) is 4.99. The fraction of sp³-hybridized carbons (Fsp3) is 0.611. The average Bonchev–Trinajstić information content (AvgIpc) is 2.50. The highest BCUT2D eigenvalue weighted by Crippen LogP contribution is 2.29. The second-order valence-corrected chi connectivity index (χ2v) is 6.97. The van der Waals surface area contributed by atoms with E-state index < -0.39 is 0 Å².